The Morgan fingerprint density at radius 3 is 2.56 bits per heavy atom. The molecule has 168 valence electrons. The summed E-state index contributed by atoms with van der Waals surface area (Å²) in [5, 5.41) is 22.8. The van der Waals surface area contributed by atoms with E-state index in [9.17, 15) is 28.1 Å². The quantitative estimate of drug-likeness (QED) is 0.533. The lowest BCUT2D eigenvalue weighted by atomic mass is 10.1. The van der Waals surface area contributed by atoms with Crippen molar-refractivity contribution in [3.05, 3.63) is 57.8 Å². The van der Waals surface area contributed by atoms with Gasteiger partial charge in [-0.15, -0.1) is 0 Å². The van der Waals surface area contributed by atoms with Crippen molar-refractivity contribution in [2.24, 2.45) is 0 Å². The van der Waals surface area contributed by atoms with Gasteiger partial charge in [-0.25, -0.2) is 4.98 Å². The summed E-state index contributed by atoms with van der Waals surface area (Å²) in [4.78, 5) is 30.6. The minimum Gasteiger partial charge on any atom is -0.379 e. The van der Waals surface area contributed by atoms with Crippen LogP contribution in [-0.4, -0.2) is 53.4 Å². The predicted molar refractivity (Wildman–Crippen MR) is 109 cm³/mol. The Kier molecular flexibility index (Phi) is 6.77. The Labute approximate surface area is 181 Å². The summed E-state index contributed by atoms with van der Waals surface area (Å²) in [6, 6.07) is 7.56. The van der Waals surface area contributed by atoms with Gasteiger partial charge in [0.1, 0.15) is 11.5 Å². The zero-order chi connectivity index (χ0) is 23.3. The molecule has 1 aromatic carbocycles. The van der Waals surface area contributed by atoms with E-state index in [0.717, 1.165) is 12.1 Å². The number of anilines is 2. The molecule has 1 aliphatic heterocycles. The van der Waals surface area contributed by atoms with Gasteiger partial charge in [0.15, 0.2) is 0 Å². The molecule has 0 saturated carbocycles. The van der Waals surface area contributed by atoms with Crippen LogP contribution in [0.1, 0.15) is 17.5 Å². The summed E-state index contributed by atoms with van der Waals surface area (Å²) in [6.45, 7) is 1.99. The summed E-state index contributed by atoms with van der Waals surface area (Å²) >= 11 is 0. The number of carbonyl (C=O) groups is 1. The van der Waals surface area contributed by atoms with Crippen LogP contribution in [0.5, 0.6) is 0 Å². The monoisotopic (exact) mass is 448 g/mol. The molecule has 0 radical (unpaired) electrons. The normalized spacial score (nSPS) is 14.1. The van der Waals surface area contributed by atoms with Crippen molar-refractivity contribution in [2.75, 3.05) is 42.9 Å². The lowest BCUT2D eigenvalue weighted by Gasteiger charge is -2.35. The summed E-state index contributed by atoms with van der Waals surface area (Å²) in [7, 11) is 0. The number of hydrogen-bond donors (Lipinski definition) is 1. The number of piperazine rings is 1. The Bertz CT molecular complexity index is 1050. The molecule has 1 aliphatic rings. The molecule has 32 heavy (non-hydrogen) atoms. The number of halogens is 3. The molecule has 0 atom stereocenters. The Hall–Kier alpha value is -3.88. The summed E-state index contributed by atoms with van der Waals surface area (Å²) in [6.07, 6.45) is -3.11. The van der Waals surface area contributed by atoms with Crippen LogP contribution >= 0.6 is 0 Å². The fourth-order valence-corrected chi connectivity index (χ4v) is 3.32. The zero-order valence-electron chi connectivity index (χ0n) is 16.8. The Morgan fingerprint density at radius 2 is 1.94 bits per heavy atom. The van der Waals surface area contributed by atoms with Gasteiger partial charge in [-0.2, -0.15) is 18.4 Å². The number of pyridine rings is 1. The number of rotatable bonds is 6. The average Bonchev–Trinajstić information content (AvgIpc) is 2.78. The second kappa shape index (κ2) is 9.51. The van der Waals surface area contributed by atoms with Gasteiger partial charge >= 0.3 is 6.18 Å². The van der Waals surface area contributed by atoms with Crippen LogP contribution in [0.2, 0.25) is 0 Å². The second-order valence-corrected chi connectivity index (χ2v) is 7.05. The number of nitro benzene ring substituents is 1. The fraction of sp³-hybridized carbons (Fsp3) is 0.350. The van der Waals surface area contributed by atoms with E-state index in [4.69, 9.17) is 5.26 Å². The highest BCUT2D eigenvalue weighted by molar-refractivity contribution is 5.77. The number of amides is 1. The molecule has 1 aromatic heterocycles. The first-order chi connectivity index (χ1) is 15.2. The molecule has 1 fully saturated rings. The first-order valence-electron chi connectivity index (χ1n) is 9.67. The molecule has 1 N–H and O–H groups in total. The molecule has 0 spiro atoms. The predicted octanol–water partition coefficient (Wildman–Crippen LogP) is 3.03. The Balaban J connectivity index is 1.53. The smallest absolute Gasteiger partial charge is 0.379 e. The number of alkyl halides is 3. The standard InChI is InChI=1S/C20H19F3N6O3/c21-20(22,23)15-1-2-16(17(12-15)29(31)32)25-6-4-19(30)28-9-7-27(8-10-28)18-11-14(13-24)3-5-26-18/h1-3,5,11-12,25H,4,6-10H2. The summed E-state index contributed by atoms with van der Waals surface area (Å²) < 4.78 is 38.4. The third-order valence-electron chi connectivity index (χ3n) is 5.01. The van der Waals surface area contributed by atoms with Gasteiger partial charge in [0, 0.05) is 51.4 Å². The number of aromatic nitrogens is 1. The minimum absolute atomic E-state index is 0.0281. The van der Waals surface area contributed by atoms with E-state index < -0.39 is 22.4 Å². The maximum absolute atomic E-state index is 12.8. The number of nitriles is 1. The van der Waals surface area contributed by atoms with Crippen molar-refractivity contribution < 1.29 is 22.9 Å². The maximum Gasteiger partial charge on any atom is 0.416 e. The molecule has 1 saturated heterocycles. The van der Waals surface area contributed by atoms with Crippen LogP contribution in [0.25, 0.3) is 0 Å². The molecule has 12 heteroatoms. The molecule has 2 aromatic rings. The van der Waals surface area contributed by atoms with E-state index in [1.807, 2.05) is 4.90 Å². The first kappa shape index (κ1) is 22.8. The van der Waals surface area contributed by atoms with Gasteiger partial charge in [0.25, 0.3) is 5.69 Å². The van der Waals surface area contributed by atoms with Gasteiger partial charge in [-0.05, 0) is 24.3 Å². The first-order valence-corrected chi connectivity index (χ1v) is 9.67. The maximum atomic E-state index is 12.8. The second-order valence-electron chi connectivity index (χ2n) is 7.05. The highest BCUT2D eigenvalue weighted by Crippen LogP contribution is 2.34. The van der Waals surface area contributed by atoms with E-state index in [1.54, 1.807) is 23.2 Å². The lowest BCUT2D eigenvalue weighted by molar-refractivity contribution is -0.384. The Morgan fingerprint density at radius 1 is 1.22 bits per heavy atom. The van der Waals surface area contributed by atoms with Gasteiger partial charge < -0.3 is 15.1 Å². The van der Waals surface area contributed by atoms with Crippen LogP contribution in [0, 0.1) is 21.4 Å². The number of benzene rings is 1. The molecule has 0 unspecified atom stereocenters. The van der Waals surface area contributed by atoms with Crippen LogP contribution < -0.4 is 10.2 Å². The van der Waals surface area contributed by atoms with Crippen molar-refractivity contribution >= 4 is 23.1 Å². The third kappa shape index (κ3) is 5.42. The molecule has 0 aliphatic carbocycles. The molecule has 0 bridgehead atoms. The van der Waals surface area contributed by atoms with E-state index in [2.05, 4.69) is 16.4 Å². The van der Waals surface area contributed by atoms with Crippen molar-refractivity contribution in [3.8, 4) is 6.07 Å². The van der Waals surface area contributed by atoms with E-state index in [1.165, 1.54) is 0 Å². The highest BCUT2D eigenvalue weighted by Gasteiger charge is 2.33. The average molecular weight is 448 g/mol. The summed E-state index contributed by atoms with van der Waals surface area (Å²) in [5.41, 5.74) is -1.40. The largest absolute Gasteiger partial charge is 0.416 e. The minimum atomic E-state index is -4.69. The number of hydrogen-bond acceptors (Lipinski definition) is 7. The molecule has 2 heterocycles. The van der Waals surface area contributed by atoms with Crippen molar-refractivity contribution in [3.63, 3.8) is 0 Å². The van der Waals surface area contributed by atoms with E-state index in [-0.39, 0.29) is 24.6 Å². The van der Waals surface area contributed by atoms with Crippen molar-refractivity contribution in [2.45, 2.75) is 12.6 Å². The number of nitrogens with zero attached hydrogens (tertiary/aromatic N) is 5. The number of carbonyl (C=O) groups excluding carboxylic acids is 1. The highest BCUT2D eigenvalue weighted by atomic mass is 19.4. The zero-order valence-corrected chi connectivity index (χ0v) is 16.8. The van der Waals surface area contributed by atoms with Crippen LogP contribution in [-0.2, 0) is 11.0 Å². The molecule has 3 rings (SSSR count). The van der Waals surface area contributed by atoms with E-state index >= 15 is 0 Å². The lowest BCUT2D eigenvalue weighted by Crippen LogP contribution is -2.49. The van der Waals surface area contributed by atoms with Crippen LogP contribution in [0.4, 0.5) is 30.4 Å². The van der Waals surface area contributed by atoms with Crippen LogP contribution in [0.3, 0.4) is 0 Å². The van der Waals surface area contributed by atoms with Gasteiger partial charge in [0.2, 0.25) is 5.91 Å². The third-order valence-corrected chi connectivity index (χ3v) is 5.01. The SMILES string of the molecule is N#Cc1ccnc(N2CCN(C(=O)CCNc3ccc(C(F)(F)F)cc3[N+](=O)[O-])CC2)c1. The number of nitro groups is 1. The fourth-order valence-electron chi connectivity index (χ4n) is 3.32. The molecular weight excluding hydrogens is 429 g/mol. The van der Waals surface area contributed by atoms with Crippen molar-refractivity contribution in [1.29, 1.82) is 5.26 Å². The van der Waals surface area contributed by atoms with Crippen LogP contribution in [0.15, 0.2) is 36.5 Å². The van der Waals surface area contributed by atoms with E-state index in [0.29, 0.717) is 43.6 Å². The molecule has 1 amide bonds. The molecule has 9 nitrogen and oxygen atoms in total. The van der Waals surface area contributed by atoms with Crippen molar-refractivity contribution in [1.82, 2.24) is 9.88 Å². The van der Waals surface area contributed by atoms with Gasteiger partial charge in [0.05, 0.1) is 22.1 Å². The molecular formula is C20H19F3N6O3. The van der Waals surface area contributed by atoms with Gasteiger partial charge in [-0.1, -0.05) is 0 Å². The number of nitrogens with one attached hydrogen (secondary N) is 1. The van der Waals surface area contributed by atoms with Gasteiger partial charge in [-0.3, -0.25) is 14.9 Å². The topological polar surface area (TPSA) is 115 Å². The summed E-state index contributed by atoms with van der Waals surface area (Å²) in [5.74, 6) is 0.484.